The lowest BCUT2D eigenvalue weighted by Gasteiger charge is -2.49. The molecule has 0 radical (unpaired) electrons. The summed E-state index contributed by atoms with van der Waals surface area (Å²) < 4.78 is 1.57. The molecule has 1 aromatic heterocycles. The molecule has 7 nitrogen and oxygen atoms in total. The van der Waals surface area contributed by atoms with Gasteiger partial charge in [-0.05, 0) is 89.3 Å². The summed E-state index contributed by atoms with van der Waals surface area (Å²) in [6.45, 7) is 11.7. The molecule has 2 aliphatic rings. The molecule has 1 N–H and O–H groups in total. The van der Waals surface area contributed by atoms with Crippen molar-refractivity contribution in [2.24, 2.45) is 5.92 Å². The van der Waals surface area contributed by atoms with E-state index in [1.165, 1.54) is 17.5 Å². The number of aromatic nitrogens is 4. The lowest BCUT2D eigenvalue weighted by molar-refractivity contribution is -0.150. The standard InChI is InChI=1S/C43H50N6OS/c1-6-7-14-31-25-27-36(28-26-31)43(34-15-10-8-11-16-34,35-17-12-9-13-18-35)44-37-40(50)49-38(42(4,5)51-41(37)49)39-45-46-47-48(39)29-33-23-21-32(22-24-33)20-19-30(2)3/h8-13,15-18,21-28,30,37-38,41,44H,6-7,14,19-20,29H2,1-5H3/t37?,38?,41-/m1/s1. The summed E-state index contributed by atoms with van der Waals surface area (Å²) in [5.74, 6) is 1.48. The molecule has 0 aliphatic carbocycles. The number of benzene rings is 4. The van der Waals surface area contributed by atoms with E-state index in [0.717, 1.165) is 53.8 Å². The Morgan fingerprint density at radius 3 is 1.98 bits per heavy atom. The fourth-order valence-corrected chi connectivity index (χ4v) is 9.42. The Labute approximate surface area is 307 Å². The predicted octanol–water partition coefficient (Wildman–Crippen LogP) is 8.34. The van der Waals surface area contributed by atoms with E-state index in [-0.39, 0.29) is 22.1 Å². The number of fused-ring (bicyclic) bond motifs is 1. The van der Waals surface area contributed by atoms with Gasteiger partial charge in [-0.25, -0.2) is 4.68 Å². The molecule has 264 valence electrons. The molecule has 2 aliphatic heterocycles. The third-order valence-corrected chi connectivity index (χ3v) is 12.2. The second kappa shape index (κ2) is 14.8. The van der Waals surface area contributed by atoms with Crippen molar-refractivity contribution in [1.82, 2.24) is 30.4 Å². The normalized spacial score (nSPS) is 19.7. The Morgan fingerprint density at radius 2 is 1.37 bits per heavy atom. The van der Waals surface area contributed by atoms with Gasteiger partial charge >= 0.3 is 0 Å². The third kappa shape index (κ3) is 6.88. The molecule has 0 saturated carbocycles. The van der Waals surface area contributed by atoms with Crippen LogP contribution in [0.25, 0.3) is 0 Å². The zero-order valence-electron chi connectivity index (χ0n) is 30.5. The van der Waals surface area contributed by atoms with Gasteiger partial charge in [0.1, 0.15) is 17.5 Å². The second-order valence-corrected chi connectivity index (χ2v) is 16.9. The van der Waals surface area contributed by atoms with Crippen LogP contribution in [-0.2, 0) is 29.7 Å². The molecule has 3 heterocycles. The molecular weight excluding hydrogens is 649 g/mol. The lowest BCUT2D eigenvalue weighted by atomic mass is 9.75. The maximum atomic E-state index is 14.6. The Hall–Kier alpha value is -4.27. The van der Waals surface area contributed by atoms with Crippen molar-refractivity contribution in [3.05, 3.63) is 148 Å². The number of nitrogens with zero attached hydrogens (tertiary/aromatic N) is 5. The van der Waals surface area contributed by atoms with Crippen LogP contribution in [0.1, 0.15) is 99.1 Å². The van der Waals surface area contributed by atoms with E-state index in [4.69, 9.17) is 0 Å². The molecule has 0 bridgehead atoms. The first-order valence-electron chi connectivity index (χ1n) is 18.5. The highest BCUT2D eigenvalue weighted by atomic mass is 32.2. The van der Waals surface area contributed by atoms with Crippen LogP contribution in [0.4, 0.5) is 0 Å². The summed E-state index contributed by atoms with van der Waals surface area (Å²) in [6, 6.07) is 38.2. The van der Waals surface area contributed by atoms with Crippen molar-refractivity contribution in [3.8, 4) is 0 Å². The first kappa shape index (κ1) is 35.1. The number of nitrogens with one attached hydrogen (secondary N) is 1. The maximum Gasteiger partial charge on any atom is 0.244 e. The molecule has 3 atom stereocenters. The van der Waals surface area contributed by atoms with Crippen LogP contribution in [0, 0.1) is 5.92 Å². The smallest absolute Gasteiger partial charge is 0.244 e. The number of hydrogen-bond donors (Lipinski definition) is 1. The van der Waals surface area contributed by atoms with Crippen LogP contribution < -0.4 is 5.32 Å². The van der Waals surface area contributed by atoms with Crippen LogP contribution in [0.5, 0.6) is 0 Å². The summed E-state index contributed by atoms with van der Waals surface area (Å²) in [6.07, 6.45) is 5.64. The molecule has 2 fully saturated rings. The number of unbranched alkanes of at least 4 members (excludes halogenated alkanes) is 1. The van der Waals surface area contributed by atoms with Gasteiger partial charge in [-0.15, -0.1) is 16.9 Å². The topological polar surface area (TPSA) is 75.9 Å². The van der Waals surface area contributed by atoms with Crippen LogP contribution >= 0.6 is 11.8 Å². The molecule has 8 heteroatoms. The fourth-order valence-electron chi connectivity index (χ4n) is 7.79. The zero-order chi connectivity index (χ0) is 35.6. The summed E-state index contributed by atoms with van der Waals surface area (Å²) in [5.41, 5.74) is 6.39. The number of rotatable bonds is 14. The minimum Gasteiger partial charge on any atom is -0.315 e. The van der Waals surface area contributed by atoms with E-state index in [1.807, 2.05) is 21.3 Å². The van der Waals surface area contributed by atoms with E-state index < -0.39 is 11.6 Å². The van der Waals surface area contributed by atoms with Gasteiger partial charge in [0.15, 0.2) is 5.82 Å². The Morgan fingerprint density at radius 1 is 0.804 bits per heavy atom. The van der Waals surface area contributed by atoms with E-state index in [9.17, 15) is 4.79 Å². The quantitative estimate of drug-likeness (QED) is 0.0929. The summed E-state index contributed by atoms with van der Waals surface area (Å²) in [4.78, 5) is 16.6. The van der Waals surface area contributed by atoms with Crippen molar-refractivity contribution in [2.45, 2.75) is 101 Å². The maximum absolute atomic E-state index is 14.6. The van der Waals surface area contributed by atoms with Gasteiger partial charge in [-0.1, -0.05) is 136 Å². The highest BCUT2D eigenvalue weighted by Gasteiger charge is 2.64. The molecule has 0 spiro atoms. The van der Waals surface area contributed by atoms with Crippen LogP contribution in [-0.4, -0.2) is 47.2 Å². The predicted molar refractivity (Wildman–Crippen MR) is 206 cm³/mol. The van der Waals surface area contributed by atoms with Crippen LogP contribution in [0.3, 0.4) is 0 Å². The van der Waals surface area contributed by atoms with Gasteiger partial charge in [0.05, 0.1) is 12.1 Å². The number of hydrogen-bond acceptors (Lipinski definition) is 6. The van der Waals surface area contributed by atoms with Gasteiger partial charge in [0.2, 0.25) is 5.91 Å². The Bertz CT molecular complexity index is 1870. The highest BCUT2D eigenvalue weighted by molar-refractivity contribution is 8.01. The van der Waals surface area contributed by atoms with Crippen LogP contribution in [0.2, 0.25) is 0 Å². The van der Waals surface area contributed by atoms with E-state index in [2.05, 4.69) is 165 Å². The minimum absolute atomic E-state index is 0.0722. The fraction of sp³-hybridized carbons (Fsp3) is 0.395. The number of thioether (sulfide) groups is 1. The van der Waals surface area contributed by atoms with E-state index in [1.54, 1.807) is 0 Å². The van der Waals surface area contributed by atoms with Gasteiger partial charge in [0, 0.05) is 4.75 Å². The molecule has 51 heavy (non-hydrogen) atoms. The average molecular weight is 699 g/mol. The number of aryl methyl sites for hydroxylation is 2. The molecule has 7 rings (SSSR count). The number of β-lactam (4-membered cyclic amide) rings is 1. The third-order valence-electron chi connectivity index (χ3n) is 10.6. The molecule has 5 aromatic rings. The Balaban J connectivity index is 1.20. The molecular formula is C43H50N6OS. The molecule has 1 amide bonds. The van der Waals surface area contributed by atoms with Crippen molar-refractivity contribution < 1.29 is 4.79 Å². The SMILES string of the molecule is CCCCc1ccc(C(NC2C(=O)N3C(c4nnnn4Cc4ccc(CCC(C)C)cc4)C(C)(C)S[C@H]23)(c2ccccc2)c2ccccc2)cc1. The van der Waals surface area contributed by atoms with Crippen molar-refractivity contribution in [2.75, 3.05) is 0 Å². The monoisotopic (exact) mass is 698 g/mol. The summed E-state index contributed by atoms with van der Waals surface area (Å²) in [7, 11) is 0. The van der Waals surface area contributed by atoms with Crippen molar-refractivity contribution in [3.63, 3.8) is 0 Å². The van der Waals surface area contributed by atoms with E-state index >= 15 is 0 Å². The van der Waals surface area contributed by atoms with Gasteiger partial charge in [-0.3, -0.25) is 10.1 Å². The lowest BCUT2D eigenvalue weighted by Crippen LogP contribution is -2.70. The number of tetrazole rings is 1. The van der Waals surface area contributed by atoms with Crippen LogP contribution in [0.15, 0.2) is 109 Å². The summed E-state index contributed by atoms with van der Waals surface area (Å²) in [5, 5.41) is 17.0. The number of carbonyl (C=O) groups is 1. The average Bonchev–Trinajstić information content (AvgIpc) is 3.70. The first-order valence-corrected chi connectivity index (χ1v) is 19.4. The van der Waals surface area contributed by atoms with Gasteiger partial charge < -0.3 is 4.90 Å². The number of amides is 1. The minimum atomic E-state index is -0.746. The molecule has 4 aromatic carbocycles. The molecule has 2 saturated heterocycles. The highest BCUT2D eigenvalue weighted by Crippen LogP contribution is 2.57. The largest absolute Gasteiger partial charge is 0.315 e. The molecule has 2 unspecified atom stereocenters. The second-order valence-electron chi connectivity index (χ2n) is 15.1. The van der Waals surface area contributed by atoms with Gasteiger partial charge in [0.25, 0.3) is 0 Å². The summed E-state index contributed by atoms with van der Waals surface area (Å²) >= 11 is 1.83. The van der Waals surface area contributed by atoms with E-state index in [0.29, 0.717) is 12.5 Å². The Kier molecular flexibility index (Phi) is 10.2. The van der Waals surface area contributed by atoms with Crippen molar-refractivity contribution >= 4 is 17.7 Å². The van der Waals surface area contributed by atoms with Gasteiger partial charge in [-0.2, -0.15) is 0 Å². The first-order chi connectivity index (χ1) is 24.7. The zero-order valence-corrected chi connectivity index (χ0v) is 31.3. The number of carbonyl (C=O) groups excluding carboxylic acids is 1. The van der Waals surface area contributed by atoms with Crippen molar-refractivity contribution in [1.29, 1.82) is 0 Å².